The first kappa shape index (κ1) is 19.7. The van der Waals surface area contributed by atoms with Crippen LogP contribution in [0.1, 0.15) is 46.0 Å². The van der Waals surface area contributed by atoms with Crippen molar-refractivity contribution in [1.29, 1.82) is 0 Å². The van der Waals surface area contributed by atoms with Crippen molar-refractivity contribution in [1.82, 2.24) is 15.5 Å². The Kier molecular flexibility index (Phi) is 6.78. The molecule has 5 atom stereocenters. The number of ether oxygens (including phenoxy) is 1. The molecule has 2 rings (SSSR count). The van der Waals surface area contributed by atoms with Crippen LogP contribution in [-0.4, -0.2) is 71.7 Å². The fourth-order valence-electron chi connectivity index (χ4n) is 3.72. The Morgan fingerprint density at radius 1 is 1.32 bits per heavy atom. The van der Waals surface area contributed by atoms with Crippen LogP contribution in [0.15, 0.2) is 0 Å². The summed E-state index contributed by atoms with van der Waals surface area (Å²) >= 11 is 0. The van der Waals surface area contributed by atoms with Gasteiger partial charge in [0.05, 0.1) is 12.1 Å². The lowest BCUT2D eigenvalue weighted by Gasteiger charge is -2.36. The maximum atomic E-state index is 13.1. The predicted octanol–water partition coefficient (Wildman–Crippen LogP) is 0.112. The Morgan fingerprint density at radius 2 is 2.00 bits per heavy atom. The number of hydrogen-bond donors (Lipinski definition) is 3. The van der Waals surface area contributed by atoms with Crippen LogP contribution in [0, 0.1) is 0 Å². The highest BCUT2D eigenvalue weighted by molar-refractivity contribution is 5.92. The van der Waals surface area contributed by atoms with E-state index in [9.17, 15) is 19.5 Å². The summed E-state index contributed by atoms with van der Waals surface area (Å²) in [5.41, 5.74) is 0. The molecule has 0 spiro atoms. The maximum Gasteiger partial charge on any atom is 0.326 e. The lowest BCUT2D eigenvalue weighted by atomic mass is 9.96. The second-order valence-electron chi connectivity index (χ2n) is 6.79. The second-order valence-corrected chi connectivity index (χ2v) is 6.79. The van der Waals surface area contributed by atoms with Crippen molar-refractivity contribution in [2.24, 2.45) is 0 Å². The second kappa shape index (κ2) is 8.62. The molecule has 2 fully saturated rings. The van der Waals surface area contributed by atoms with Gasteiger partial charge in [-0.2, -0.15) is 0 Å². The number of hydrogen-bond acceptors (Lipinski definition) is 5. The molecule has 25 heavy (non-hydrogen) atoms. The maximum absolute atomic E-state index is 13.1. The van der Waals surface area contributed by atoms with Gasteiger partial charge < -0.3 is 25.4 Å². The zero-order valence-electron chi connectivity index (χ0n) is 15.2. The van der Waals surface area contributed by atoms with E-state index in [0.717, 1.165) is 12.8 Å². The Labute approximate surface area is 148 Å². The number of fused-ring (bicyclic) bond motifs is 1. The first-order valence-electron chi connectivity index (χ1n) is 9.03. The van der Waals surface area contributed by atoms with Gasteiger partial charge in [-0.1, -0.05) is 0 Å². The molecule has 2 aliphatic rings. The average molecular weight is 355 g/mol. The van der Waals surface area contributed by atoms with Crippen molar-refractivity contribution in [2.45, 2.75) is 76.2 Å². The lowest BCUT2D eigenvalue weighted by molar-refractivity contribution is -0.152. The SMILES string of the molecule is CCOC1CC[C@H]2CC[C@@H](C(=O)O)N2C(=O)[C@@H](NC(=O)[C@H](C)NC)C1. The third-order valence-electron chi connectivity index (χ3n) is 5.21. The van der Waals surface area contributed by atoms with Gasteiger partial charge in [-0.25, -0.2) is 4.79 Å². The molecule has 0 aromatic heterocycles. The largest absolute Gasteiger partial charge is 0.480 e. The minimum atomic E-state index is -0.980. The fraction of sp³-hybridized carbons (Fsp3) is 0.824. The number of carboxylic acid groups (broad SMARTS) is 1. The Hall–Kier alpha value is -1.67. The first-order chi connectivity index (χ1) is 11.9. The van der Waals surface area contributed by atoms with Crippen LogP contribution in [0.5, 0.6) is 0 Å². The molecule has 2 saturated heterocycles. The normalized spacial score (nSPS) is 31.0. The minimum Gasteiger partial charge on any atom is -0.480 e. The van der Waals surface area contributed by atoms with Crippen molar-refractivity contribution in [3.8, 4) is 0 Å². The van der Waals surface area contributed by atoms with Crippen LogP contribution in [0.3, 0.4) is 0 Å². The van der Waals surface area contributed by atoms with Crippen molar-refractivity contribution in [3.63, 3.8) is 0 Å². The number of aliphatic carboxylic acids is 1. The van der Waals surface area contributed by atoms with Gasteiger partial charge in [0, 0.05) is 19.1 Å². The summed E-state index contributed by atoms with van der Waals surface area (Å²) in [6.45, 7) is 4.15. The van der Waals surface area contributed by atoms with Gasteiger partial charge in [0.2, 0.25) is 11.8 Å². The molecule has 0 aliphatic carbocycles. The highest BCUT2D eigenvalue weighted by Crippen LogP contribution is 2.32. The number of rotatable bonds is 6. The summed E-state index contributed by atoms with van der Waals surface area (Å²) < 4.78 is 5.73. The third kappa shape index (κ3) is 4.49. The summed E-state index contributed by atoms with van der Waals surface area (Å²) in [5, 5.41) is 15.1. The summed E-state index contributed by atoms with van der Waals surface area (Å²) in [6.07, 6.45) is 2.87. The molecule has 8 nitrogen and oxygen atoms in total. The van der Waals surface area contributed by atoms with Crippen LogP contribution in [0.2, 0.25) is 0 Å². The van der Waals surface area contributed by atoms with Crippen LogP contribution >= 0.6 is 0 Å². The zero-order valence-corrected chi connectivity index (χ0v) is 15.2. The topological polar surface area (TPSA) is 108 Å². The first-order valence-corrected chi connectivity index (χ1v) is 9.03. The molecule has 0 aromatic carbocycles. The standard InChI is InChI=1S/C17H29N3O5/c1-4-25-12-7-5-11-6-8-14(17(23)24)20(11)16(22)13(9-12)19-15(21)10(2)18-3/h10-14,18H,4-9H2,1-3H3,(H,19,21)(H,23,24)/t10-,11-,12?,13-,14-/m0/s1. The van der Waals surface area contributed by atoms with E-state index in [2.05, 4.69) is 10.6 Å². The van der Waals surface area contributed by atoms with Crippen LogP contribution < -0.4 is 10.6 Å². The van der Waals surface area contributed by atoms with Crippen LogP contribution in [-0.2, 0) is 19.1 Å². The average Bonchev–Trinajstić information content (AvgIpc) is 3.00. The van der Waals surface area contributed by atoms with E-state index >= 15 is 0 Å². The Morgan fingerprint density at radius 3 is 2.60 bits per heavy atom. The molecule has 2 amide bonds. The molecule has 0 bridgehead atoms. The lowest BCUT2D eigenvalue weighted by Crippen LogP contribution is -2.58. The van der Waals surface area contributed by atoms with Crippen molar-refractivity contribution < 1.29 is 24.2 Å². The quantitative estimate of drug-likeness (QED) is 0.624. The summed E-state index contributed by atoms with van der Waals surface area (Å²) in [5.74, 6) is -1.57. The smallest absolute Gasteiger partial charge is 0.326 e. The van der Waals surface area contributed by atoms with Crippen LogP contribution in [0.25, 0.3) is 0 Å². The molecule has 2 heterocycles. The van der Waals surface area contributed by atoms with Crippen molar-refractivity contribution >= 4 is 17.8 Å². The van der Waals surface area contributed by atoms with Gasteiger partial charge in [0.25, 0.3) is 0 Å². The van der Waals surface area contributed by atoms with Crippen molar-refractivity contribution in [3.05, 3.63) is 0 Å². The monoisotopic (exact) mass is 355 g/mol. The molecule has 0 aromatic rings. The van der Waals surface area contributed by atoms with E-state index in [-0.39, 0.29) is 24.0 Å². The fourth-order valence-corrected chi connectivity index (χ4v) is 3.72. The van der Waals surface area contributed by atoms with Gasteiger partial charge in [-0.3, -0.25) is 9.59 Å². The Bertz CT molecular complexity index is 513. The van der Waals surface area contributed by atoms with Gasteiger partial charge >= 0.3 is 5.97 Å². The van der Waals surface area contributed by atoms with E-state index < -0.39 is 24.1 Å². The minimum absolute atomic E-state index is 0.0991. The number of amides is 2. The molecule has 0 saturated carbocycles. The van der Waals surface area contributed by atoms with E-state index in [1.54, 1.807) is 14.0 Å². The number of carbonyl (C=O) groups is 3. The molecular weight excluding hydrogens is 326 g/mol. The molecule has 2 aliphatic heterocycles. The van der Waals surface area contributed by atoms with Gasteiger partial charge in [0.15, 0.2) is 0 Å². The number of nitrogens with zero attached hydrogens (tertiary/aromatic N) is 1. The summed E-state index contributed by atoms with van der Waals surface area (Å²) in [4.78, 5) is 38.3. The zero-order chi connectivity index (χ0) is 18.6. The number of carbonyl (C=O) groups excluding carboxylic acids is 2. The van der Waals surface area contributed by atoms with Crippen molar-refractivity contribution in [2.75, 3.05) is 13.7 Å². The third-order valence-corrected chi connectivity index (χ3v) is 5.21. The molecule has 1 unspecified atom stereocenters. The van der Waals surface area contributed by atoms with Gasteiger partial charge in [0.1, 0.15) is 12.1 Å². The molecule has 142 valence electrons. The number of carboxylic acids is 1. The van der Waals surface area contributed by atoms with Crippen LogP contribution in [0.4, 0.5) is 0 Å². The molecular formula is C17H29N3O5. The van der Waals surface area contributed by atoms with E-state index in [0.29, 0.717) is 25.9 Å². The predicted molar refractivity (Wildman–Crippen MR) is 91.0 cm³/mol. The van der Waals surface area contributed by atoms with Gasteiger partial charge in [-0.05, 0) is 46.6 Å². The summed E-state index contributed by atoms with van der Waals surface area (Å²) in [6, 6.07) is -2.10. The highest BCUT2D eigenvalue weighted by Gasteiger charge is 2.45. The number of nitrogens with one attached hydrogen (secondary N) is 2. The molecule has 0 radical (unpaired) electrons. The summed E-state index contributed by atoms with van der Waals surface area (Å²) in [7, 11) is 1.67. The molecule has 3 N–H and O–H groups in total. The highest BCUT2D eigenvalue weighted by atomic mass is 16.5. The Balaban J connectivity index is 2.23. The van der Waals surface area contributed by atoms with E-state index in [4.69, 9.17) is 4.74 Å². The van der Waals surface area contributed by atoms with E-state index in [1.807, 2.05) is 6.92 Å². The van der Waals surface area contributed by atoms with E-state index in [1.165, 1.54) is 4.90 Å². The number of likely N-dealkylation sites (N-methyl/N-ethyl adjacent to an activating group) is 1. The molecule has 8 heteroatoms. The van der Waals surface area contributed by atoms with Gasteiger partial charge in [-0.15, -0.1) is 0 Å².